The Labute approximate surface area is 155 Å². The van der Waals surface area contributed by atoms with E-state index in [0.29, 0.717) is 5.41 Å². The van der Waals surface area contributed by atoms with Gasteiger partial charge < -0.3 is 9.84 Å². The van der Waals surface area contributed by atoms with Crippen molar-refractivity contribution < 1.29 is 9.84 Å². The molecule has 0 bridgehead atoms. The summed E-state index contributed by atoms with van der Waals surface area (Å²) in [6.45, 7) is 5.67. The fourth-order valence-corrected chi connectivity index (χ4v) is 8.04. The molecule has 0 aromatic carbocycles. The Bertz CT molecular complexity index is 473. The van der Waals surface area contributed by atoms with Crippen molar-refractivity contribution in [1.82, 2.24) is 0 Å². The zero-order valence-electron chi connectivity index (χ0n) is 16.8. The first-order chi connectivity index (χ1) is 11.9. The van der Waals surface area contributed by atoms with E-state index in [1.165, 1.54) is 57.8 Å². The van der Waals surface area contributed by atoms with Gasteiger partial charge in [0, 0.05) is 13.7 Å². The van der Waals surface area contributed by atoms with Gasteiger partial charge in [0.25, 0.3) is 0 Å². The summed E-state index contributed by atoms with van der Waals surface area (Å²) in [6, 6.07) is 0. The lowest BCUT2D eigenvalue weighted by molar-refractivity contribution is -0.118. The Kier molecular flexibility index (Phi) is 4.99. The average molecular weight is 349 g/mol. The summed E-state index contributed by atoms with van der Waals surface area (Å²) >= 11 is 0. The summed E-state index contributed by atoms with van der Waals surface area (Å²) < 4.78 is 5.67. The van der Waals surface area contributed by atoms with Crippen molar-refractivity contribution in [3.8, 4) is 0 Å². The van der Waals surface area contributed by atoms with E-state index in [2.05, 4.69) is 13.8 Å². The average Bonchev–Trinajstić information content (AvgIpc) is 2.73. The van der Waals surface area contributed by atoms with Gasteiger partial charge >= 0.3 is 0 Å². The molecule has 0 unspecified atom stereocenters. The highest BCUT2D eigenvalue weighted by Crippen LogP contribution is 2.62. The second-order valence-electron chi connectivity index (χ2n) is 10.7. The largest absolute Gasteiger partial charge is 0.390 e. The molecule has 1 N–H and O–H groups in total. The lowest BCUT2D eigenvalue weighted by Gasteiger charge is -2.59. The van der Waals surface area contributed by atoms with Crippen LogP contribution in [0, 0.1) is 40.9 Å². The van der Waals surface area contributed by atoms with Crippen LogP contribution in [0.15, 0.2) is 0 Å². The number of fused-ring (bicyclic) bond motifs is 5. The minimum Gasteiger partial charge on any atom is -0.390 e. The van der Waals surface area contributed by atoms with E-state index in [0.717, 1.165) is 55.0 Å². The molecule has 144 valence electrons. The van der Waals surface area contributed by atoms with Crippen LogP contribution < -0.4 is 0 Å². The number of hydrogen-bond acceptors (Lipinski definition) is 2. The predicted molar refractivity (Wildman–Crippen MR) is 102 cm³/mol. The number of hydrogen-bond donors (Lipinski definition) is 1. The quantitative estimate of drug-likeness (QED) is 0.720. The fraction of sp³-hybridized carbons (Fsp3) is 1.00. The number of methoxy groups -OCH3 is 1. The van der Waals surface area contributed by atoms with Gasteiger partial charge in [-0.25, -0.2) is 0 Å². The van der Waals surface area contributed by atoms with Crippen molar-refractivity contribution in [3.63, 3.8) is 0 Å². The second-order valence-corrected chi connectivity index (χ2v) is 10.7. The first-order valence-electron chi connectivity index (χ1n) is 11.2. The SMILES string of the molecule is COC[C@H]1CCCC[C@H]2[C@@H]3CC[C@@H]4C[C@](C)(O)CC[C@@H]4[C@H]3CC[C@]12C. The molecule has 8 atom stereocenters. The van der Waals surface area contributed by atoms with Crippen molar-refractivity contribution in [3.05, 3.63) is 0 Å². The molecule has 4 rings (SSSR count). The van der Waals surface area contributed by atoms with Crippen LogP contribution in [-0.2, 0) is 4.74 Å². The lowest BCUT2D eigenvalue weighted by Crippen LogP contribution is -2.52. The van der Waals surface area contributed by atoms with Crippen LogP contribution in [0.5, 0.6) is 0 Å². The standard InChI is InChI=1S/C23H40O2/c1-22(24)12-10-18-16(14-22)8-9-20-19(18)11-13-23(2)17(15-25-3)6-4-5-7-21(20)23/h16-21,24H,4-15H2,1-3H3/t16-,17-,18+,19-,20-,21+,22-,23-/m1/s1. The Morgan fingerprint density at radius 3 is 2.44 bits per heavy atom. The van der Waals surface area contributed by atoms with Crippen molar-refractivity contribution >= 4 is 0 Å². The van der Waals surface area contributed by atoms with Crippen LogP contribution in [-0.4, -0.2) is 24.4 Å². The van der Waals surface area contributed by atoms with E-state index in [-0.39, 0.29) is 5.60 Å². The molecule has 4 aliphatic carbocycles. The molecule has 0 saturated heterocycles. The Balaban J connectivity index is 1.56. The zero-order valence-corrected chi connectivity index (χ0v) is 16.8. The highest BCUT2D eigenvalue weighted by Gasteiger charge is 2.55. The Morgan fingerprint density at radius 1 is 0.880 bits per heavy atom. The van der Waals surface area contributed by atoms with Crippen molar-refractivity contribution in [2.75, 3.05) is 13.7 Å². The first kappa shape index (κ1) is 18.3. The minimum atomic E-state index is -0.386. The van der Waals surface area contributed by atoms with Crippen molar-refractivity contribution in [2.24, 2.45) is 40.9 Å². The third-order valence-corrected chi connectivity index (χ3v) is 9.29. The third-order valence-electron chi connectivity index (χ3n) is 9.29. The molecule has 2 heteroatoms. The third kappa shape index (κ3) is 3.20. The highest BCUT2D eigenvalue weighted by molar-refractivity contribution is 5.04. The molecule has 2 nitrogen and oxygen atoms in total. The predicted octanol–water partition coefficient (Wildman–Crippen LogP) is 5.43. The lowest BCUT2D eigenvalue weighted by atomic mass is 9.47. The summed E-state index contributed by atoms with van der Waals surface area (Å²) in [5, 5.41) is 10.6. The molecule has 4 fully saturated rings. The van der Waals surface area contributed by atoms with Gasteiger partial charge in [-0.3, -0.25) is 0 Å². The van der Waals surface area contributed by atoms with E-state index in [1.54, 1.807) is 0 Å². The number of aliphatic hydroxyl groups is 1. The second kappa shape index (κ2) is 6.82. The molecule has 0 radical (unpaired) electrons. The van der Waals surface area contributed by atoms with Crippen molar-refractivity contribution in [2.45, 2.75) is 90.1 Å². The van der Waals surface area contributed by atoms with E-state index in [9.17, 15) is 5.11 Å². The summed E-state index contributed by atoms with van der Waals surface area (Å²) in [6.07, 6.45) is 14.8. The smallest absolute Gasteiger partial charge is 0.0622 e. The van der Waals surface area contributed by atoms with Gasteiger partial charge in [-0.05, 0) is 106 Å². The summed E-state index contributed by atoms with van der Waals surface area (Å²) in [5.74, 6) is 5.32. The molecule has 0 aliphatic heterocycles. The van der Waals surface area contributed by atoms with E-state index in [4.69, 9.17) is 4.74 Å². The molecule has 25 heavy (non-hydrogen) atoms. The van der Waals surface area contributed by atoms with Gasteiger partial charge in [0.05, 0.1) is 5.60 Å². The number of rotatable bonds is 2. The normalized spacial score (nSPS) is 53.3. The van der Waals surface area contributed by atoms with Gasteiger partial charge in [0.15, 0.2) is 0 Å². The van der Waals surface area contributed by atoms with Crippen LogP contribution in [0.25, 0.3) is 0 Å². The molecular formula is C23H40O2. The zero-order chi connectivity index (χ0) is 17.7. The molecule has 0 aromatic rings. The maximum atomic E-state index is 10.6. The van der Waals surface area contributed by atoms with Crippen LogP contribution in [0.2, 0.25) is 0 Å². The molecular weight excluding hydrogens is 308 g/mol. The van der Waals surface area contributed by atoms with Crippen LogP contribution in [0.3, 0.4) is 0 Å². The Hall–Kier alpha value is -0.0800. The maximum absolute atomic E-state index is 10.6. The van der Waals surface area contributed by atoms with Gasteiger partial charge in [0.2, 0.25) is 0 Å². The molecule has 0 heterocycles. The Morgan fingerprint density at radius 2 is 1.64 bits per heavy atom. The maximum Gasteiger partial charge on any atom is 0.0622 e. The summed E-state index contributed by atoms with van der Waals surface area (Å²) in [5.41, 5.74) is 0.129. The molecule has 4 aliphatic rings. The minimum absolute atomic E-state index is 0.386. The van der Waals surface area contributed by atoms with Crippen LogP contribution in [0.1, 0.15) is 84.5 Å². The van der Waals surface area contributed by atoms with Gasteiger partial charge in [-0.2, -0.15) is 0 Å². The van der Waals surface area contributed by atoms with Gasteiger partial charge in [0.1, 0.15) is 0 Å². The van der Waals surface area contributed by atoms with Crippen molar-refractivity contribution in [1.29, 1.82) is 0 Å². The molecule has 0 aromatic heterocycles. The fourth-order valence-electron chi connectivity index (χ4n) is 8.04. The van der Waals surface area contributed by atoms with Gasteiger partial charge in [-0.1, -0.05) is 19.8 Å². The monoisotopic (exact) mass is 348 g/mol. The molecule has 0 amide bonds. The summed E-state index contributed by atoms with van der Waals surface area (Å²) in [4.78, 5) is 0. The van der Waals surface area contributed by atoms with E-state index >= 15 is 0 Å². The highest BCUT2D eigenvalue weighted by atomic mass is 16.5. The van der Waals surface area contributed by atoms with Crippen LogP contribution in [0.4, 0.5) is 0 Å². The van der Waals surface area contributed by atoms with Crippen LogP contribution >= 0.6 is 0 Å². The topological polar surface area (TPSA) is 29.5 Å². The van der Waals surface area contributed by atoms with E-state index in [1.807, 2.05) is 7.11 Å². The number of ether oxygens (including phenoxy) is 1. The van der Waals surface area contributed by atoms with Gasteiger partial charge in [-0.15, -0.1) is 0 Å². The molecule has 0 spiro atoms. The molecule has 4 saturated carbocycles. The van der Waals surface area contributed by atoms with E-state index < -0.39 is 0 Å². The first-order valence-corrected chi connectivity index (χ1v) is 11.2. The summed E-state index contributed by atoms with van der Waals surface area (Å²) in [7, 11) is 1.90.